The third kappa shape index (κ3) is 3.79. The van der Waals surface area contributed by atoms with Crippen LogP contribution >= 0.6 is 11.6 Å². The first-order chi connectivity index (χ1) is 11.1. The van der Waals surface area contributed by atoms with E-state index in [4.69, 9.17) is 16.1 Å². The van der Waals surface area contributed by atoms with Gasteiger partial charge in [-0.3, -0.25) is 4.79 Å². The minimum absolute atomic E-state index is 0.0224. The Hall–Kier alpha value is -2.14. The van der Waals surface area contributed by atoms with Gasteiger partial charge in [0.15, 0.2) is 5.82 Å². The number of halogens is 1. The Bertz CT molecular complexity index is 726. The number of carbonyl (C=O) groups is 1. The van der Waals surface area contributed by atoms with Gasteiger partial charge in [-0.05, 0) is 37.5 Å². The van der Waals surface area contributed by atoms with Crippen molar-refractivity contribution in [2.24, 2.45) is 0 Å². The summed E-state index contributed by atoms with van der Waals surface area (Å²) in [4.78, 5) is 18.5. The molecule has 1 aromatic heterocycles. The maximum absolute atomic E-state index is 12.4. The topological polar surface area (TPSA) is 59.2 Å². The Labute approximate surface area is 139 Å². The minimum atomic E-state index is -0.0224. The van der Waals surface area contributed by atoms with E-state index in [9.17, 15) is 4.79 Å². The van der Waals surface area contributed by atoms with Gasteiger partial charge in [0.1, 0.15) is 0 Å². The number of likely N-dealkylation sites (tertiary alicyclic amines) is 1. The molecule has 1 aliphatic rings. The van der Waals surface area contributed by atoms with Crippen LogP contribution in [-0.2, 0) is 4.79 Å². The molecule has 1 amide bonds. The van der Waals surface area contributed by atoms with Crippen LogP contribution in [0, 0.1) is 6.92 Å². The van der Waals surface area contributed by atoms with E-state index in [1.807, 2.05) is 23.1 Å². The number of amides is 1. The Balaban J connectivity index is 1.66. The van der Waals surface area contributed by atoms with E-state index in [0.29, 0.717) is 23.3 Å². The maximum atomic E-state index is 12.4. The second kappa shape index (κ2) is 6.96. The highest BCUT2D eigenvalue weighted by Gasteiger charge is 2.27. The summed E-state index contributed by atoms with van der Waals surface area (Å²) in [7, 11) is 0. The molecule has 2 heterocycles. The van der Waals surface area contributed by atoms with Crippen LogP contribution in [0.1, 0.15) is 36.0 Å². The zero-order valence-electron chi connectivity index (χ0n) is 12.9. The highest BCUT2D eigenvalue weighted by Crippen LogP contribution is 2.26. The first-order valence-corrected chi connectivity index (χ1v) is 8.03. The normalized spacial score (nSPS) is 18.5. The van der Waals surface area contributed by atoms with Crippen molar-refractivity contribution in [1.82, 2.24) is 15.0 Å². The van der Waals surface area contributed by atoms with Gasteiger partial charge in [0.05, 0.1) is 5.92 Å². The van der Waals surface area contributed by atoms with E-state index >= 15 is 0 Å². The van der Waals surface area contributed by atoms with Gasteiger partial charge in [-0.15, -0.1) is 0 Å². The Morgan fingerprint density at radius 1 is 1.43 bits per heavy atom. The first kappa shape index (κ1) is 15.7. The molecule has 0 aliphatic carbocycles. The lowest BCUT2D eigenvalue weighted by Gasteiger charge is -2.30. The van der Waals surface area contributed by atoms with Crippen molar-refractivity contribution in [2.75, 3.05) is 13.1 Å². The predicted octanol–water partition coefficient (Wildman–Crippen LogP) is 3.45. The third-order valence-corrected chi connectivity index (χ3v) is 4.28. The lowest BCUT2D eigenvalue weighted by molar-refractivity contribution is -0.127. The average molecular weight is 332 g/mol. The van der Waals surface area contributed by atoms with Crippen LogP contribution in [0.2, 0.25) is 5.02 Å². The lowest BCUT2D eigenvalue weighted by Crippen LogP contribution is -2.38. The number of nitrogens with zero attached hydrogens (tertiary/aromatic N) is 3. The minimum Gasteiger partial charge on any atom is -0.339 e. The number of aromatic nitrogens is 2. The van der Waals surface area contributed by atoms with Crippen molar-refractivity contribution in [3.8, 4) is 0 Å². The van der Waals surface area contributed by atoms with Crippen LogP contribution in [0.4, 0.5) is 0 Å². The zero-order chi connectivity index (χ0) is 16.2. The zero-order valence-corrected chi connectivity index (χ0v) is 13.7. The molecule has 1 fully saturated rings. The highest BCUT2D eigenvalue weighted by atomic mass is 35.5. The van der Waals surface area contributed by atoms with Crippen LogP contribution in [0.15, 0.2) is 34.9 Å². The Kier molecular flexibility index (Phi) is 4.76. The van der Waals surface area contributed by atoms with Gasteiger partial charge < -0.3 is 9.42 Å². The van der Waals surface area contributed by atoms with Crippen LogP contribution < -0.4 is 0 Å². The molecule has 3 rings (SSSR count). The molecular weight excluding hydrogens is 314 g/mol. The molecule has 1 atom stereocenters. The maximum Gasteiger partial charge on any atom is 0.246 e. The summed E-state index contributed by atoms with van der Waals surface area (Å²) in [6, 6.07) is 7.45. The lowest BCUT2D eigenvalue weighted by atomic mass is 9.98. The number of aryl methyl sites for hydroxylation is 1. The van der Waals surface area contributed by atoms with Gasteiger partial charge >= 0.3 is 0 Å². The van der Waals surface area contributed by atoms with Gasteiger partial charge in [-0.25, -0.2) is 0 Å². The molecule has 120 valence electrons. The number of carbonyl (C=O) groups excluding carboxylic acids is 1. The van der Waals surface area contributed by atoms with Crippen LogP contribution in [0.3, 0.4) is 0 Å². The molecule has 23 heavy (non-hydrogen) atoms. The monoisotopic (exact) mass is 331 g/mol. The highest BCUT2D eigenvalue weighted by molar-refractivity contribution is 6.32. The van der Waals surface area contributed by atoms with E-state index in [2.05, 4.69) is 10.1 Å². The summed E-state index contributed by atoms with van der Waals surface area (Å²) >= 11 is 6.10. The first-order valence-electron chi connectivity index (χ1n) is 7.65. The number of hydrogen-bond acceptors (Lipinski definition) is 4. The molecule has 1 aromatic carbocycles. The summed E-state index contributed by atoms with van der Waals surface area (Å²) in [5.41, 5.74) is 0.837. The van der Waals surface area contributed by atoms with Crippen LogP contribution in [-0.4, -0.2) is 34.0 Å². The van der Waals surface area contributed by atoms with E-state index in [1.54, 1.807) is 25.1 Å². The summed E-state index contributed by atoms with van der Waals surface area (Å²) in [5.74, 6) is 1.34. The predicted molar refractivity (Wildman–Crippen MR) is 88.1 cm³/mol. The van der Waals surface area contributed by atoms with Crippen molar-refractivity contribution in [3.63, 3.8) is 0 Å². The SMILES string of the molecule is Cc1noc(C2CCCN(C(=O)/C=C/c3ccccc3Cl)C2)n1. The summed E-state index contributed by atoms with van der Waals surface area (Å²) in [6.45, 7) is 3.15. The average Bonchev–Trinajstić information content (AvgIpc) is 3.00. The second-order valence-corrected chi connectivity index (χ2v) is 6.07. The van der Waals surface area contributed by atoms with Crippen molar-refractivity contribution < 1.29 is 9.32 Å². The smallest absolute Gasteiger partial charge is 0.246 e. The molecule has 2 aromatic rings. The van der Waals surface area contributed by atoms with Gasteiger partial charge in [-0.2, -0.15) is 4.98 Å². The van der Waals surface area contributed by atoms with Gasteiger partial charge in [-0.1, -0.05) is 35.0 Å². The molecule has 1 aliphatic heterocycles. The molecular formula is C17H18ClN3O2. The number of hydrogen-bond donors (Lipinski definition) is 0. The van der Waals surface area contributed by atoms with Gasteiger partial charge in [0.2, 0.25) is 11.8 Å². The summed E-state index contributed by atoms with van der Waals surface area (Å²) < 4.78 is 5.24. The standard InChI is InChI=1S/C17H18ClN3O2/c1-12-19-17(23-20-12)14-6-4-10-21(11-14)16(22)9-8-13-5-2-3-7-15(13)18/h2-3,5,7-9,14H,4,6,10-11H2,1H3/b9-8+. The molecule has 1 unspecified atom stereocenters. The van der Waals surface area contributed by atoms with Crippen LogP contribution in [0.25, 0.3) is 6.08 Å². The van der Waals surface area contributed by atoms with Gasteiger partial charge in [0, 0.05) is 24.2 Å². The van der Waals surface area contributed by atoms with Crippen molar-refractivity contribution >= 4 is 23.6 Å². The molecule has 0 N–H and O–H groups in total. The Morgan fingerprint density at radius 2 is 2.26 bits per heavy atom. The van der Waals surface area contributed by atoms with E-state index in [-0.39, 0.29) is 11.8 Å². The van der Waals surface area contributed by atoms with Crippen LogP contribution in [0.5, 0.6) is 0 Å². The van der Waals surface area contributed by atoms with Crippen molar-refractivity contribution in [3.05, 3.63) is 52.6 Å². The molecule has 0 radical (unpaired) electrons. The Morgan fingerprint density at radius 3 is 3.00 bits per heavy atom. The fourth-order valence-electron chi connectivity index (χ4n) is 2.73. The summed E-state index contributed by atoms with van der Waals surface area (Å²) in [5, 5.41) is 4.46. The van der Waals surface area contributed by atoms with E-state index < -0.39 is 0 Å². The van der Waals surface area contributed by atoms with E-state index in [0.717, 1.165) is 24.9 Å². The second-order valence-electron chi connectivity index (χ2n) is 5.66. The fraction of sp³-hybridized carbons (Fsp3) is 0.353. The third-order valence-electron chi connectivity index (χ3n) is 3.94. The molecule has 0 bridgehead atoms. The quantitative estimate of drug-likeness (QED) is 0.808. The van der Waals surface area contributed by atoms with E-state index in [1.165, 1.54) is 0 Å². The molecule has 0 saturated carbocycles. The molecule has 5 nitrogen and oxygen atoms in total. The van der Waals surface area contributed by atoms with Crippen molar-refractivity contribution in [2.45, 2.75) is 25.7 Å². The molecule has 0 spiro atoms. The molecule has 1 saturated heterocycles. The molecule has 6 heteroatoms. The largest absolute Gasteiger partial charge is 0.339 e. The number of benzene rings is 1. The number of piperidine rings is 1. The van der Waals surface area contributed by atoms with Gasteiger partial charge in [0.25, 0.3) is 0 Å². The van der Waals surface area contributed by atoms with Crippen molar-refractivity contribution in [1.29, 1.82) is 0 Å². The fourth-order valence-corrected chi connectivity index (χ4v) is 2.93. The number of rotatable bonds is 3. The summed E-state index contributed by atoms with van der Waals surface area (Å²) in [6.07, 6.45) is 5.21.